The van der Waals surface area contributed by atoms with Gasteiger partial charge in [0.05, 0.1) is 17.4 Å². The van der Waals surface area contributed by atoms with E-state index in [0.717, 1.165) is 17.3 Å². The summed E-state index contributed by atoms with van der Waals surface area (Å²) in [6, 6.07) is 21.7. The number of rotatable bonds is 3. The molecule has 0 amide bonds. The molecule has 0 unspecified atom stereocenters. The lowest BCUT2D eigenvalue weighted by atomic mass is 9.99. The van der Waals surface area contributed by atoms with Crippen LogP contribution in [0.1, 0.15) is 78.0 Å². The Morgan fingerprint density at radius 1 is 0.722 bits per heavy atom. The summed E-state index contributed by atoms with van der Waals surface area (Å²) in [4.78, 5) is 4.84. The number of fused-ring (bicyclic) bond motifs is 6. The number of pyridine rings is 1. The monoisotopic (exact) mass is 482 g/mol. The van der Waals surface area contributed by atoms with E-state index in [0.29, 0.717) is 0 Å². The average Bonchev–Trinajstić information content (AvgIpc) is 3.36. The summed E-state index contributed by atoms with van der Waals surface area (Å²) in [5, 5.41) is 3.74. The first-order valence-corrected chi connectivity index (χ1v) is 13.8. The van der Waals surface area contributed by atoms with Gasteiger partial charge in [0.25, 0.3) is 0 Å². The third kappa shape index (κ3) is 5.98. The van der Waals surface area contributed by atoms with Crippen molar-refractivity contribution in [2.75, 3.05) is 0 Å². The number of nitrogens with zero attached hydrogens (tertiary/aromatic N) is 2. The van der Waals surface area contributed by atoms with Gasteiger partial charge in [-0.15, -0.1) is 0 Å². The van der Waals surface area contributed by atoms with Crippen molar-refractivity contribution in [2.45, 2.75) is 82.1 Å². The molecule has 36 heavy (non-hydrogen) atoms. The quantitative estimate of drug-likeness (QED) is 0.234. The Kier molecular flexibility index (Phi) is 11.2. The van der Waals surface area contributed by atoms with Gasteiger partial charge in [0.1, 0.15) is 5.65 Å². The van der Waals surface area contributed by atoms with Gasteiger partial charge >= 0.3 is 0 Å². The predicted molar refractivity (Wildman–Crippen MR) is 162 cm³/mol. The summed E-state index contributed by atoms with van der Waals surface area (Å²) >= 11 is 0. The Labute approximate surface area is 219 Å². The van der Waals surface area contributed by atoms with Crippen LogP contribution in [0.15, 0.2) is 66.9 Å². The highest BCUT2D eigenvalue weighted by atomic mass is 15.0. The molecule has 0 atom stereocenters. The Morgan fingerprint density at radius 3 is 1.86 bits per heavy atom. The molecular formula is C34H46N2. The third-order valence-corrected chi connectivity index (χ3v) is 6.74. The van der Waals surface area contributed by atoms with Crippen molar-refractivity contribution < 1.29 is 0 Å². The molecule has 0 saturated heterocycles. The second-order valence-electron chi connectivity index (χ2n) is 9.06. The molecule has 5 rings (SSSR count). The number of hydrogen-bond acceptors (Lipinski definition) is 1. The lowest BCUT2D eigenvalue weighted by molar-refractivity contribution is 0.544. The Morgan fingerprint density at radius 2 is 1.31 bits per heavy atom. The van der Waals surface area contributed by atoms with Crippen LogP contribution in [-0.2, 0) is 0 Å². The van der Waals surface area contributed by atoms with E-state index < -0.39 is 0 Å². The van der Waals surface area contributed by atoms with Gasteiger partial charge in [0.2, 0.25) is 0 Å². The van der Waals surface area contributed by atoms with Crippen LogP contribution in [0.3, 0.4) is 0 Å². The summed E-state index contributed by atoms with van der Waals surface area (Å²) in [6.07, 6.45) is 4.68. The van der Waals surface area contributed by atoms with Crippen molar-refractivity contribution >= 4 is 27.3 Å². The third-order valence-electron chi connectivity index (χ3n) is 6.74. The van der Waals surface area contributed by atoms with E-state index in [1.807, 2.05) is 33.9 Å². The zero-order chi connectivity index (χ0) is 26.8. The average molecular weight is 483 g/mol. The molecule has 2 aromatic heterocycles. The van der Waals surface area contributed by atoms with Gasteiger partial charge in [0, 0.05) is 16.3 Å². The molecule has 2 heteroatoms. The fraction of sp³-hybridized carbons (Fsp3) is 0.382. The van der Waals surface area contributed by atoms with Gasteiger partial charge in [-0.2, -0.15) is 0 Å². The molecule has 2 heterocycles. The maximum Gasteiger partial charge on any atom is 0.145 e. The molecule has 3 aromatic carbocycles. The number of benzene rings is 3. The van der Waals surface area contributed by atoms with Crippen LogP contribution < -0.4 is 0 Å². The molecule has 0 aliphatic rings. The SMILES string of the molecule is CC.CC.CCC(C)CC.Cc1ccc2c(c1)c1ccccc1c1ncc(-c3c(C)cccc3C)n21. The zero-order valence-corrected chi connectivity index (χ0v) is 24.2. The smallest absolute Gasteiger partial charge is 0.145 e. The molecule has 0 fully saturated rings. The van der Waals surface area contributed by atoms with Gasteiger partial charge in [-0.1, -0.05) is 115 Å². The fourth-order valence-electron chi connectivity index (χ4n) is 4.44. The van der Waals surface area contributed by atoms with E-state index in [4.69, 9.17) is 4.98 Å². The highest BCUT2D eigenvalue weighted by molar-refractivity contribution is 6.12. The molecule has 0 N–H and O–H groups in total. The van der Waals surface area contributed by atoms with Crippen LogP contribution in [0.5, 0.6) is 0 Å². The summed E-state index contributed by atoms with van der Waals surface area (Å²) < 4.78 is 2.33. The van der Waals surface area contributed by atoms with Crippen LogP contribution >= 0.6 is 0 Å². The first-order chi connectivity index (χ1) is 17.5. The molecule has 0 aliphatic carbocycles. The van der Waals surface area contributed by atoms with E-state index in [-0.39, 0.29) is 0 Å². The molecule has 0 radical (unpaired) electrons. The number of aryl methyl sites for hydroxylation is 3. The van der Waals surface area contributed by atoms with Crippen molar-refractivity contribution in [3.63, 3.8) is 0 Å². The lowest BCUT2D eigenvalue weighted by Gasteiger charge is -2.14. The zero-order valence-electron chi connectivity index (χ0n) is 24.2. The Bertz CT molecular complexity index is 1370. The summed E-state index contributed by atoms with van der Waals surface area (Å²) in [5.41, 5.74) is 8.50. The second-order valence-corrected chi connectivity index (χ2v) is 9.06. The number of aromatic nitrogens is 2. The molecule has 192 valence electrons. The highest BCUT2D eigenvalue weighted by Gasteiger charge is 2.16. The second kappa shape index (κ2) is 13.8. The normalized spacial score (nSPS) is 10.4. The summed E-state index contributed by atoms with van der Waals surface area (Å²) in [5.74, 6) is 0.935. The van der Waals surface area contributed by atoms with Gasteiger partial charge in [-0.05, 0) is 55.3 Å². The first-order valence-electron chi connectivity index (χ1n) is 13.8. The highest BCUT2D eigenvalue weighted by Crippen LogP contribution is 2.35. The molecular weight excluding hydrogens is 436 g/mol. The van der Waals surface area contributed by atoms with Gasteiger partial charge in [-0.25, -0.2) is 4.98 Å². The largest absolute Gasteiger partial charge is 0.292 e. The van der Waals surface area contributed by atoms with Crippen molar-refractivity contribution in [3.05, 3.63) is 83.6 Å². The number of imidazole rings is 1. The molecule has 0 bridgehead atoms. The fourth-order valence-corrected chi connectivity index (χ4v) is 4.44. The van der Waals surface area contributed by atoms with Crippen molar-refractivity contribution in [3.8, 4) is 11.3 Å². The van der Waals surface area contributed by atoms with Crippen molar-refractivity contribution in [1.82, 2.24) is 9.38 Å². The minimum atomic E-state index is 0.935. The van der Waals surface area contributed by atoms with Crippen LogP contribution in [0.25, 0.3) is 38.6 Å². The van der Waals surface area contributed by atoms with Gasteiger partial charge in [0.15, 0.2) is 0 Å². The maximum atomic E-state index is 4.84. The minimum absolute atomic E-state index is 0.935. The van der Waals surface area contributed by atoms with Gasteiger partial charge < -0.3 is 0 Å². The summed E-state index contributed by atoms with van der Waals surface area (Å²) in [7, 11) is 0. The molecule has 5 aromatic rings. The topological polar surface area (TPSA) is 17.3 Å². The minimum Gasteiger partial charge on any atom is -0.292 e. The molecule has 0 spiro atoms. The lowest BCUT2D eigenvalue weighted by Crippen LogP contribution is -1.96. The standard InChI is InChI=1S/C24H20N2.C6H14.2C2H6/c1-15-11-12-21-20(13-15)18-9-4-5-10-19(18)24-25-14-22(26(21)24)23-16(2)7-6-8-17(23)3;1-4-6(3)5-2;2*1-2/h4-14H,1-3H3;6H,4-5H2,1-3H3;2*1-2H3. The van der Waals surface area contributed by atoms with E-state index in [9.17, 15) is 0 Å². The molecule has 2 nitrogen and oxygen atoms in total. The van der Waals surface area contributed by atoms with Crippen LogP contribution in [0.4, 0.5) is 0 Å². The van der Waals surface area contributed by atoms with Crippen molar-refractivity contribution in [1.29, 1.82) is 0 Å². The molecule has 0 saturated carbocycles. The van der Waals surface area contributed by atoms with E-state index in [1.165, 1.54) is 56.8 Å². The first kappa shape index (κ1) is 29.1. The van der Waals surface area contributed by atoms with Crippen LogP contribution in [0.2, 0.25) is 0 Å². The Hall–Kier alpha value is -3.13. The van der Waals surface area contributed by atoms with Gasteiger partial charge in [-0.3, -0.25) is 4.40 Å². The van der Waals surface area contributed by atoms with E-state index in [2.05, 4.69) is 107 Å². The Balaban J connectivity index is 0.000000398. The van der Waals surface area contributed by atoms with E-state index >= 15 is 0 Å². The summed E-state index contributed by atoms with van der Waals surface area (Å²) in [6.45, 7) is 21.2. The van der Waals surface area contributed by atoms with Crippen LogP contribution in [-0.4, -0.2) is 9.38 Å². The van der Waals surface area contributed by atoms with Crippen LogP contribution in [0, 0.1) is 26.7 Å². The number of hydrogen-bond donors (Lipinski definition) is 0. The molecule has 0 aliphatic heterocycles. The maximum absolute atomic E-state index is 4.84. The van der Waals surface area contributed by atoms with E-state index in [1.54, 1.807) is 0 Å². The van der Waals surface area contributed by atoms with Crippen molar-refractivity contribution in [2.24, 2.45) is 5.92 Å². The predicted octanol–water partition coefficient (Wildman–Crippen LogP) is 10.7.